The highest BCUT2D eigenvalue weighted by atomic mass is 16.2. The lowest BCUT2D eigenvalue weighted by Gasteiger charge is -2.40. The fraction of sp³-hybridized carbons (Fsp3) is 0.556. The minimum atomic E-state index is 0.106. The third-order valence-electron chi connectivity index (χ3n) is 5.29. The fourth-order valence-corrected chi connectivity index (χ4v) is 3.90. The number of hydrogen-bond donors (Lipinski definition) is 0. The molecule has 0 aromatic heterocycles. The van der Waals surface area contributed by atoms with Crippen LogP contribution in [0.25, 0.3) is 0 Å². The van der Waals surface area contributed by atoms with Crippen molar-refractivity contribution in [1.29, 1.82) is 0 Å². The highest BCUT2D eigenvalue weighted by Crippen LogP contribution is 2.30. The van der Waals surface area contributed by atoms with Gasteiger partial charge in [-0.05, 0) is 37.8 Å². The number of ketones is 1. The number of fused-ring (bicyclic) bond motifs is 1. The van der Waals surface area contributed by atoms with Gasteiger partial charge in [-0.2, -0.15) is 0 Å². The van der Waals surface area contributed by atoms with Crippen molar-refractivity contribution in [2.75, 3.05) is 19.6 Å². The maximum absolute atomic E-state index is 13.0. The summed E-state index contributed by atoms with van der Waals surface area (Å²) >= 11 is 0. The van der Waals surface area contributed by atoms with E-state index < -0.39 is 0 Å². The van der Waals surface area contributed by atoms with Crippen LogP contribution in [0.3, 0.4) is 0 Å². The van der Waals surface area contributed by atoms with Gasteiger partial charge in [0.15, 0.2) is 5.78 Å². The van der Waals surface area contributed by atoms with Gasteiger partial charge in [-0.1, -0.05) is 12.1 Å². The largest absolute Gasteiger partial charge is 0.333 e. The molecule has 1 aromatic rings. The van der Waals surface area contributed by atoms with Gasteiger partial charge in [-0.3, -0.25) is 14.5 Å². The van der Waals surface area contributed by atoms with Gasteiger partial charge < -0.3 is 4.90 Å². The highest BCUT2D eigenvalue weighted by molar-refractivity contribution is 6.05. The molecule has 4 rings (SSSR count). The molecule has 22 heavy (non-hydrogen) atoms. The Morgan fingerprint density at radius 3 is 2.73 bits per heavy atom. The summed E-state index contributed by atoms with van der Waals surface area (Å²) in [6.45, 7) is 4.90. The fourth-order valence-electron chi connectivity index (χ4n) is 3.90. The Labute approximate surface area is 131 Å². The highest BCUT2D eigenvalue weighted by Gasteiger charge is 2.36. The molecular weight excluding hydrogens is 276 g/mol. The summed E-state index contributed by atoms with van der Waals surface area (Å²) in [5.74, 6) is 0.283. The second-order valence-corrected chi connectivity index (χ2v) is 6.83. The van der Waals surface area contributed by atoms with Gasteiger partial charge in [0.2, 0.25) is 0 Å². The number of carbonyl (C=O) groups excluding carboxylic acids is 2. The summed E-state index contributed by atoms with van der Waals surface area (Å²) in [6.07, 6.45) is 3.89. The first kappa shape index (κ1) is 13.9. The van der Waals surface area contributed by atoms with E-state index in [-0.39, 0.29) is 17.7 Å². The molecule has 2 fully saturated rings. The smallest absolute Gasteiger partial charge is 0.254 e. The molecule has 1 unspecified atom stereocenters. The molecule has 4 nitrogen and oxygen atoms in total. The van der Waals surface area contributed by atoms with Gasteiger partial charge in [-0.25, -0.2) is 0 Å². The average molecular weight is 298 g/mol. The van der Waals surface area contributed by atoms with E-state index in [4.69, 9.17) is 0 Å². The van der Waals surface area contributed by atoms with Crippen molar-refractivity contribution >= 4 is 11.7 Å². The molecule has 0 radical (unpaired) electrons. The molecular formula is C18H22N2O2. The number of hydrogen-bond acceptors (Lipinski definition) is 3. The molecule has 0 N–H and O–H groups in total. The second-order valence-electron chi connectivity index (χ2n) is 6.83. The molecule has 1 saturated carbocycles. The lowest BCUT2D eigenvalue weighted by atomic mass is 10.0. The van der Waals surface area contributed by atoms with Crippen LogP contribution in [0.2, 0.25) is 0 Å². The topological polar surface area (TPSA) is 40.6 Å². The molecule has 1 saturated heterocycles. The van der Waals surface area contributed by atoms with Crippen LogP contribution in [0.15, 0.2) is 18.2 Å². The van der Waals surface area contributed by atoms with Crippen LogP contribution in [0.5, 0.6) is 0 Å². The van der Waals surface area contributed by atoms with Crippen LogP contribution in [0.1, 0.15) is 52.5 Å². The Hall–Kier alpha value is -1.68. The maximum atomic E-state index is 13.0. The molecule has 1 aromatic carbocycles. The second kappa shape index (κ2) is 5.20. The number of rotatable bonds is 2. The number of Topliss-reactive ketones (excluding diaryl/α,β-unsaturated/α-hetero) is 1. The Morgan fingerprint density at radius 2 is 2.00 bits per heavy atom. The Bertz CT molecular complexity index is 636. The normalized spacial score (nSPS) is 25.4. The summed E-state index contributed by atoms with van der Waals surface area (Å²) < 4.78 is 0. The molecule has 1 amide bonds. The summed E-state index contributed by atoms with van der Waals surface area (Å²) in [5.41, 5.74) is 2.47. The summed E-state index contributed by atoms with van der Waals surface area (Å²) in [5, 5.41) is 0. The van der Waals surface area contributed by atoms with Crippen molar-refractivity contribution in [3.63, 3.8) is 0 Å². The zero-order valence-electron chi connectivity index (χ0n) is 13.0. The first-order valence-electron chi connectivity index (χ1n) is 8.35. The van der Waals surface area contributed by atoms with Crippen molar-refractivity contribution < 1.29 is 9.59 Å². The molecule has 4 heteroatoms. The zero-order chi connectivity index (χ0) is 15.3. The Balaban J connectivity index is 1.56. The van der Waals surface area contributed by atoms with Crippen LogP contribution in [-0.4, -0.2) is 53.2 Å². The van der Waals surface area contributed by atoms with Gasteiger partial charge in [0.25, 0.3) is 5.91 Å². The maximum Gasteiger partial charge on any atom is 0.254 e. The number of nitrogens with zero attached hydrogens (tertiary/aromatic N) is 2. The first-order valence-corrected chi connectivity index (χ1v) is 8.35. The molecule has 1 heterocycles. The number of benzene rings is 1. The van der Waals surface area contributed by atoms with Crippen LogP contribution in [0.4, 0.5) is 0 Å². The van der Waals surface area contributed by atoms with Gasteiger partial charge >= 0.3 is 0 Å². The van der Waals surface area contributed by atoms with Crippen LogP contribution in [0, 0.1) is 0 Å². The van der Waals surface area contributed by atoms with Crippen molar-refractivity contribution in [1.82, 2.24) is 9.80 Å². The third kappa shape index (κ3) is 2.26. The number of amides is 1. The minimum absolute atomic E-state index is 0.106. The number of piperazine rings is 1. The van der Waals surface area contributed by atoms with Gasteiger partial charge in [-0.15, -0.1) is 0 Å². The van der Waals surface area contributed by atoms with E-state index >= 15 is 0 Å². The monoisotopic (exact) mass is 298 g/mol. The van der Waals surface area contributed by atoms with E-state index in [1.165, 1.54) is 12.8 Å². The predicted molar refractivity (Wildman–Crippen MR) is 84.2 cm³/mol. The number of carbonyl (C=O) groups is 2. The van der Waals surface area contributed by atoms with E-state index in [0.717, 1.165) is 42.4 Å². The first-order chi connectivity index (χ1) is 10.6. The van der Waals surface area contributed by atoms with Gasteiger partial charge in [0, 0.05) is 49.3 Å². The third-order valence-corrected chi connectivity index (χ3v) is 5.29. The standard InChI is InChI=1S/C18H22N2O2/c1-12-11-19(13-5-6-13)9-10-20(12)18(22)16-4-2-3-15-14(16)7-8-17(15)21/h2-4,12-13H,5-11H2,1H3. The summed E-state index contributed by atoms with van der Waals surface area (Å²) in [4.78, 5) is 29.4. The van der Waals surface area contributed by atoms with Crippen LogP contribution >= 0.6 is 0 Å². The summed E-state index contributed by atoms with van der Waals surface area (Å²) in [6, 6.07) is 6.60. The van der Waals surface area contributed by atoms with Crippen molar-refractivity contribution in [2.24, 2.45) is 0 Å². The van der Waals surface area contributed by atoms with E-state index in [1.807, 2.05) is 23.1 Å². The lowest BCUT2D eigenvalue weighted by Crippen LogP contribution is -2.54. The van der Waals surface area contributed by atoms with Crippen LogP contribution < -0.4 is 0 Å². The molecule has 116 valence electrons. The zero-order valence-corrected chi connectivity index (χ0v) is 13.0. The molecule has 0 spiro atoms. The molecule has 0 bridgehead atoms. The van der Waals surface area contributed by atoms with E-state index in [0.29, 0.717) is 12.8 Å². The average Bonchev–Trinajstić information content (AvgIpc) is 3.30. The van der Waals surface area contributed by atoms with Crippen LogP contribution in [-0.2, 0) is 6.42 Å². The quantitative estimate of drug-likeness (QED) is 0.840. The van der Waals surface area contributed by atoms with Crippen molar-refractivity contribution in [3.8, 4) is 0 Å². The van der Waals surface area contributed by atoms with Crippen molar-refractivity contribution in [3.05, 3.63) is 34.9 Å². The minimum Gasteiger partial charge on any atom is -0.333 e. The lowest BCUT2D eigenvalue weighted by molar-refractivity contribution is 0.0473. The van der Waals surface area contributed by atoms with Gasteiger partial charge in [0.1, 0.15) is 0 Å². The van der Waals surface area contributed by atoms with Gasteiger partial charge in [0.05, 0.1) is 0 Å². The molecule has 1 aliphatic heterocycles. The van der Waals surface area contributed by atoms with E-state index in [1.54, 1.807) is 0 Å². The van der Waals surface area contributed by atoms with Crippen molar-refractivity contribution in [2.45, 2.75) is 44.7 Å². The predicted octanol–water partition coefficient (Wildman–Crippen LogP) is 2.12. The molecule has 1 atom stereocenters. The van der Waals surface area contributed by atoms with E-state index in [2.05, 4.69) is 11.8 Å². The van der Waals surface area contributed by atoms with E-state index in [9.17, 15) is 9.59 Å². The SMILES string of the molecule is CC1CN(C2CC2)CCN1C(=O)c1cccc2c1CCC2=O. The Kier molecular flexibility index (Phi) is 3.30. The Morgan fingerprint density at radius 1 is 1.18 bits per heavy atom. The summed E-state index contributed by atoms with van der Waals surface area (Å²) in [7, 11) is 0. The molecule has 2 aliphatic carbocycles. The molecule has 3 aliphatic rings.